The molecule has 0 radical (unpaired) electrons. The summed E-state index contributed by atoms with van der Waals surface area (Å²) in [5, 5.41) is 16.6. The summed E-state index contributed by atoms with van der Waals surface area (Å²) in [6.07, 6.45) is 0. The van der Waals surface area contributed by atoms with E-state index >= 15 is 0 Å². The van der Waals surface area contributed by atoms with Crippen LogP contribution >= 0.6 is 0 Å². The van der Waals surface area contributed by atoms with Crippen LogP contribution in [0.2, 0.25) is 0 Å². The molecule has 0 aliphatic heterocycles. The number of ether oxygens (including phenoxy) is 1. The van der Waals surface area contributed by atoms with Crippen molar-refractivity contribution >= 4 is 11.6 Å². The Kier molecular flexibility index (Phi) is 5.06. The molecule has 0 fully saturated rings. The number of H-pyrrole nitrogens is 1. The highest BCUT2D eigenvalue weighted by Gasteiger charge is 2.08. The lowest BCUT2D eigenvalue weighted by atomic mass is 10.1. The number of carbonyl (C=O) groups excluding carboxylic acids is 1. The predicted octanol–water partition coefficient (Wildman–Crippen LogP) is 3.70. The van der Waals surface area contributed by atoms with Crippen LogP contribution < -0.4 is 10.1 Å². The smallest absolute Gasteiger partial charge is 0.255 e. The van der Waals surface area contributed by atoms with Gasteiger partial charge in [0, 0.05) is 16.8 Å². The van der Waals surface area contributed by atoms with Crippen molar-refractivity contribution < 1.29 is 9.53 Å². The maximum absolute atomic E-state index is 12.4. The van der Waals surface area contributed by atoms with Crippen molar-refractivity contribution in [2.45, 2.75) is 6.61 Å². The van der Waals surface area contributed by atoms with E-state index in [1.165, 1.54) is 0 Å². The monoisotopic (exact) mass is 371 g/mol. The summed E-state index contributed by atoms with van der Waals surface area (Å²) in [5.41, 5.74) is 3.12. The van der Waals surface area contributed by atoms with Crippen LogP contribution in [0.5, 0.6) is 5.75 Å². The van der Waals surface area contributed by atoms with Gasteiger partial charge in [-0.15, -0.1) is 10.2 Å². The van der Waals surface area contributed by atoms with E-state index < -0.39 is 0 Å². The van der Waals surface area contributed by atoms with E-state index in [2.05, 4.69) is 25.9 Å². The fourth-order valence-corrected chi connectivity index (χ4v) is 2.63. The first-order valence-electron chi connectivity index (χ1n) is 8.70. The zero-order valence-corrected chi connectivity index (χ0v) is 14.9. The SMILES string of the molecule is O=C(Nc1ccc(OCc2ccccc2)cc1)c1ccc(-c2nn[nH]n2)cc1. The number of benzene rings is 3. The molecule has 0 unspecified atom stereocenters. The first kappa shape index (κ1) is 17.4. The van der Waals surface area contributed by atoms with E-state index in [1.54, 1.807) is 24.3 Å². The molecule has 1 amide bonds. The number of anilines is 1. The van der Waals surface area contributed by atoms with Crippen LogP contribution in [-0.4, -0.2) is 26.5 Å². The first-order valence-corrected chi connectivity index (χ1v) is 8.70. The van der Waals surface area contributed by atoms with Gasteiger partial charge in [0.05, 0.1) is 0 Å². The number of carbonyl (C=O) groups is 1. The van der Waals surface area contributed by atoms with Crippen LogP contribution in [0.4, 0.5) is 5.69 Å². The number of tetrazole rings is 1. The minimum Gasteiger partial charge on any atom is -0.489 e. The summed E-state index contributed by atoms with van der Waals surface area (Å²) >= 11 is 0. The van der Waals surface area contributed by atoms with Gasteiger partial charge in [0.2, 0.25) is 5.82 Å². The summed E-state index contributed by atoms with van der Waals surface area (Å²) in [6, 6.07) is 24.2. The molecule has 1 aromatic heterocycles. The summed E-state index contributed by atoms with van der Waals surface area (Å²) in [5.74, 6) is 1.03. The Balaban J connectivity index is 1.35. The Morgan fingerprint density at radius 2 is 1.68 bits per heavy atom. The number of amides is 1. The second-order valence-corrected chi connectivity index (χ2v) is 6.07. The van der Waals surface area contributed by atoms with Crippen LogP contribution in [0.15, 0.2) is 78.9 Å². The van der Waals surface area contributed by atoms with Gasteiger partial charge in [-0.2, -0.15) is 5.21 Å². The van der Waals surface area contributed by atoms with E-state index in [-0.39, 0.29) is 5.91 Å². The highest BCUT2D eigenvalue weighted by molar-refractivity contribution is 6.04. The van der Waals surface area contributed by atoms with Crippen molar-refractivity contribution in [1.29, 1.82) is 0 Å². The maximum Gasteiger partial charge on any atom is 0.255 e. The number of hydrogen-bond donors (Lipinski definition) is 2. The van der Waals surface area contributed by atoms with Crippen molar-refractivity contribution in [2.75, 3.05) is 5.32 Å². The van der Waals surface area contributed by atoms with Crippen LogP contribution in [0, 0.1) is 0 Å². The highest BCUT2D eigenvalue weighted by atomic mass is 16.5. The summed E-state index contributed by atoms with van der Waals surface area (Å²) in [4.78, 5) is 12.4. The highest BCUT2D eigenvalue weighted by Crippen LogP contribution is 2.19. The van der Waals surface area contributed by atoms with Crippen molar-refractivity contribution in [1.82, 2.24) is 20.6 Å². The number of nitrogens with one attached hydrogen (secondary N) is 2. The Morgan fingerprint density at radius 3 is 2.36 bits per heavy atom. The van der Waals surface area contributed by atoms with Gasteiger partial charge in [-0.3, -0.25) is 4.79 Å². The largest absolute Gasteiger partial charge is 0.489 e. The minimum atomic E-state index is -0.197. The van der Waals surface area contributed by atoms with E-state index in [0.717, 1.165) is 16.9 Å². The van der Waals surface area contributed by atoms with Crippen LogP contribution in [0.25, 0.3) is 11.4 Å². The van der Waals surface area contributed by atoms with Gasteiger partial charge < -0.3 is 10.1 Å². The van der Waals surface area contributed by atoms with E-state index in [9.17, 15) is 4.79 Å². The maximum atomic E-state index is 12.4. The molecular formula is C21H17N5O2. The summed E-state index contributed by atoms with van der Waals surface area (Å²) < 4.78 is 5.75. The fourth-order valence-electron chi connectivity index (χ4n) is 2.63. The molecule has 0 bridgehead atoms. The Bertz CT molecular complexity index is 1030. The molecule has 4 aromatic rings. The minimum absolute atomic E-state index is 0.197. The van der Waals surface area contributed by atoms with Crippen molar-refractivity contribution in [3.63, 3.8) is 0 Å². The van der Waals surface area contributed by atoms with Crippen LogP contribution in [0.1, 0.15) is 15.9 Å². The third-order valence-electron chi connectivity index (χ3n) is 4.11. The molecule has 0 saturated carbocycles. The molecule has 0 aliphatic carbocycles. The van der Waals surface area contributed by atoms with Crippen LogP contribution in [0.3, 0.4) is 0 Å². The van der Waals surface area contributed by atoms with Crippen molar-refractivity contribution in [3.8, 4) is 17.1 Å². The van der Waals surface area contributed by atoms with Gasteiger partial charge in [0.1, 0.15) is 12.4 Å². The molecule has 7 heteroatoms. The number of aromatic amines is 1. The fraction of sp³-hybridized carbons (Fsp3) is 0.0476. The van der Waals surface area contributed by atoms with Gasteiger partial charge in [-0.05, 0) is 47.2 Å². The first-order chi connectivity index (χ1) is 13.8. The van der Waals surface area contributed by atoms with Gasteiger partial charge in [-0.1, -0.05) is 42.5 Å². The molecule has 138 valence electrons. The standard InChI is InChI=1S/C21H17N5O2/c27-21(17-8-6-16(7-9-17)20-23-25-26-24-20)22-18-10-12-19(13-11-18)28-14-15-4-2-1-3-5-15/h1-13H,14H2,(H,22,27)(H,23,24,25,26). The Morgan fingerprint density at radius 1 is 0.929 bits per heavy atom. The number of nitrogens with zero attached hydrogens (tertiary/aromatic N) is 3. The van der Waals surface area contributed by atoms with E-state index in [0.29, 0.717) is 23.7 Å². The topological polar surface area (TPSA) is 92.8 Å². The third kappa shape index (κ3) is 4.21. The molecule has 4 rings (SSSR count). The number of rotatable bonds is 6. The lowest BCUT2D eigenvalue weighted by molar-refractivity contribution is 0.102. The lowest BCUT2D eigenvalue weighted by Gasteiger charge is -2.09. The molecule has 0 spiro atoms. The van der Waals surface area contributed by atoms with Gasteiger partial charge in [0.25, 0.3) is 5.91 Å². The van der Waals surface area contributed by atoms with Crippen LogP contribution in [-0.2, 0) is 6.61 Å². The molecular weight excluding hydrogens is 354 g/mol. The molecule has 3 aromatic carbocycles. The second-order valence-electron chi connectivity index (χ2n) is 6.07. The average Bonchev–Trinajstić information content (AvgIpc) is 3.29. The van der Waals surface area contributed by atoms with E-state index in [4.69, 9.17) is 4.74 Å². The Labute approximate surface area is 161 Å². The summed E-state index contributed by atoms with van der Waals surface area (Å²) in [7, 11) is 0. The predicted molar refractivity (Wildman–Crippen MR) is 105 cm³/mol. The van der Waals surface area contributed by atoms with E-state index in [1.807, 2.05) is 54.6 Å². The quantitative estimate of drug-likeness (QED) is 0.539. The summed E-state index contributed by atoms with van der Waals surface area (Å²) in [6.45, 7) is 0.499. The second kappa shape index (κ2) is 8.13. The zero-order valence-electron chi connectivity index (χ0n) is 14.9. The van der Waals surface area contributed by atoms with Gasteiger partial charge in [0.15, 0.2) is 0 Å². The molecule has 1 heterocycles. The van der Waals surface area contributed by atoms with Crippen molar-refractivity contribution in [3.05, 3.63) is 90.0 Å². The molecule has 28 heavy (non-hydrogen) atoms. The molecule has 7 nitrogen and oxygen atoms in total. The normalized spacial score (nSPS) is 10.4. The molecule has 0 saturated heterocycles. The molecule has 0 atom stereocenters. The molecule has 2 N–H and O–H groups in total. The molecule has 0 aliphatic rings. The average molecular weight is 371 g/mol. The van der Waals surface area contributed by atoms with Crippen molar-refractivity contribution in [2.24, 2.45) is 0 Å². The third-order valence-corrected chi connectivity index (χ3v) is 4.11. The lowest BCUT2D eigenvalue weighted by Crippen LogP contribution is -2.11. The number of hydrogen-bond acceptors (Lipinski definition) is 5. The van der Waals surface area contributed by atoms with Gasteiger partial charge >= 0.3 is 0 Å². The Hall–Kier alpha value is -4.00. The number of aromatic nitrogens is 4. The van der Waals surface area contributed by atoms with Gasteiger partial charge in [-0.25, -0.2) is 0 Å². The zero-order chi connectivity index (χ0) is 19.2.